The molecule has 0 aliphatic carbocycles. The molecule has 0 saturated carbocycles. The first-order chi connectivity index (χ1) is 8.56. The number of halogens is 1. The van der Waals surface area contributed by atoms with E-state index in [9.17, 15) is 4.79 Å². The second-order valence-corrected chi connectivity index (χ2v) is 4.61. The largest absolute Gasteiger partial charge is 0.452 e. The third-order valence-corrected chi connectivity index (χ3v) is 2.88. The molecule has 0 aliphatic rings. The van der Waals surface area contributed by atoms with Gasteiger partial charge in [0, 0.05) is 18.9 Å². The zero-order chi connectivity index (χ0) is 13.1. The lowest BCUT2D eigenvalue weighted by Gasteiger charge is -2.17. The molecule has 5 nitrogen and oxygen atoms in total. The fourth-order valence-corrected chi connectivity index (χ4v) is 1.89. The molecule has 1 amide bonds. The lowest BCUT2D eigenvalue weighted by Crippen LogP contribution is -2.18. The van der Waals surface area contributed by atoms with Gasteiger partial charge in [0.15, 0.2) is 4.67 Å². The number of pyridine rings is 1. The van der Waals surface area contributed by atoms with Crippen LogP contribution < -0.4 is 10.6 Å². The van der Waals surface area contributed by atoms with Crippen LogP contribution in [0.25, 0.3) is 0 Å². The minimum absolute atomic E-state index is 0.250. The van der Waals surface area contributed by atoms with Gasteiger partial charge >= 0.3 is 0 Å². The highest BCUT2D eigenvalue weighted by Gasteiger charge is 2.08. The van der Waals surface area contributed by atoms with Crippen LogP contribution in [0.1, 0.15) is 16.2 Å². The van der Waals surface area contributed by atoms with E-state index in [1.807, 2.05) is 30.1 Å². The number of carbonyl (C=O) groups is 1. The molecule has 0 atom stereocenters. The van der Waals surface area contributed by atoms with Crippen molar-refractivity contribution < 1.29 is 9.21 Å². The van der Waals surface area contributed by atoms with Crippen molar-refractivity contribution in [2.45, 2.75) is 6.54 Å². The summed E-state index contributed by atoms with van der Waals surface area (Å²) in [5.41, 5.74) is 6.30. The fourth-order valence-electron chi connectivity index (χ4n) is 1.55. The Labute approximate surface area is 113 Å². The highest BCUT2D eigenvalue weighted by atomic mass is 79.9. The molecule has 0 spiro atoms. The molecule has 94 valence electrons. The first kappa shape index (κ1) is 12.6. The summed E-state index contributed by atoms with van der Waals surface area (Å²) in [6, 6.07) is 7.19. The number of hydrogen-bond donors (Lipinski definition) is 1. The molecule has 2 aromatic heterocycles. The Kier molecular flexibility index (Phi) is 3.66. The van der Waals surface area contributed by atoms with E-state index in [2.05, 4.69) is 20.9 Å². The quantitative estimate of drug-likeness (QED) is 0.939. The Hall–Kier alpha value is -1.82. The van der Waals surface area contributed by atoms with Crippen LogP contribution >= 0.6 is 15.9 Å². The number of anilines is 1. The molecule has 0 aromatic carbocycles. The number of nitrogens with two attached hydrogens (primary N) is 1. The molecule has 18 heavy (non-hydrogen) atoms. The lowest BCUT2D eigenvalue weighted by molar-refractivity contribution is 0.0995. The predicted octanol–water partition coefficient (Wildman–Crippen LogP) is 2.17. The SMILES string of the molecule is CN(Cc1ccc(Br)o1)c1ccnc(C(N)=O)c1. The molecule has 0 fully saturated rings. The lowest BCUT2D eigenvalue weighted by atomic mass is 10.3. The van der Waals surface area contributed by atoms with Crippen molar-refractivity contribution in [2.24, 2.45) is 5.73 Å². The number of hydrogen-bond acceptors (Lipinski definition) is 4. The van der Waals surface area contributed by atoms with Crippen molar-refractivity contribution in [3.63, 3.8) is 0 Å². The van der Waals surface area contributed by atoms with Crippen LogP contribution in [0, 0.1) is 0 Å². The molecule has 0 aliphatic heterocycles. The van der Waals surface area contributed by atoms with E-state index in [0.29, 0.717) is 11.2 Å². The molecule has 2 aromatic rings. The second kappa shape index (κ2) is 5.22. The number of aromatic nitrogens is 1. The number of rotatable bonds is 4. The minimum atomic E-state index is -0.536. The number of furan rings is 1. The van der Waals surface area contributed by atoms with Gasteiger partial charge in [-0.05, 0) is 40.2 Å². The standard InChI is InChI=1S/C12H12BrN3O2/c1-16(7-9-2-3-11(13)18-9)8-4-5-15-10(6-8)12(14)17/h2-6H,7H2,1H3,(H2,14,17). The van der Waals surface area contributed by atoms with Crippen molar-refractivity contribution in [1.29, 1.82) is 0 Å². The Morgan fingerprint density at radius 2 is 2.28 bits per heavy atom. The Balaban J connectivity index is 2.15. The number of carbonyl (C=O) groups excluding carboxylic acids is 1. The molecular formula is C12H12BrN3O2. The van der Waals surface area contributed by atoms with Crippen molar-refractivity contribution in [2.75, 3.05) is 11.9 Å². The van der Waals surface area contributed by atoms with Crippen LogP contribution in [0.15, 0.2) is 39.5 Å². The van der Waals surface area contributed by atoms with Crippen LogP contribution in [0.2, 0.25) is 0 Å². The molecular weight excluding hydrogens is 298 g/mol. The van der Waals surface area contributed by atoms with Gasteiger partial charge in [-0.25, -0.2) is 0 Å². The van der Waals surface area contributed by atoms with Crippen molar-refractivity contribution in [1.82, 2.24) is 4.98 Å². The summed E-state index contributed by atoms with van der Waals surface area (Å²) in [4.78, 5) is 16.9. The van der Waals surface area contributed by atoms with Gasteiger partial charge in [0.2, 0.25) is 0 Å². The van der Waals surface area contributed by atoms with Gasteiger partial charge in [-0.3, -0.25) is 9.78 Å². The van der Waals surface area contributed by atoms with Crippen molar-refractivity contribution in [3.05, 3.63) is 46.6 Å². The monoisotopic (exact) mass is 309 g/mol. The number of primary amides is 1. The Morgan fingerprint density at radius 3 is 2.89 bits per heavy atom. The maximum absolute atomic E-state index is 11.1. The summed E-state index contributed by atoms with van der Waals surface area (Å²) in [5, 5.41) is 0. The maximum atomic E-state index is 11.1. The van der Waals surface area contributed by atoms with Crippen LogP contribution in [-0.2, 0) is 6.54 Å². The fraction of sp³-hybridized carbons (Fsp3) is 0.167. The maximum Gasteiger partial charge on any atom is 0.267 e. The van der Waals surface area contributed by atoms with Gasteiger partial charge in [0.1, 0.15) is 11.5 Å². The average molecular weight is 310 g/mol. The van der Waals surface area contributed by atoms with Gasteiger partial charge in [-0.1, -0.05) is 0 Å². The van der Waals surface area contributed by atoms with Crippen molar-refractivity contribution >= 4 is 27.5 Å². The van der Waals surface area contributed by atoms with Gasteiger partial charge in [-0.15, -0.1) is 0 Å². The Bertz CT molecular complexity index is 568. The molecule has 0 bridgehead atoms. The number of nitrogens with zero attached hydrogens (tertiary/aromatic N) is 2. The first-order valence-electron chi connectivity index (χ1n) is 5.27. The molecule has 0 saturated heterocycles. The summed E-state index contributed by atoms with van der Waals surface area (Å²) in [7, 11) is 1.90. The normalized spacial score (nSPS) is 10.3. The van der Waals surface area contributed by atoms with Crippen LogP contribution in [0.3, 0.4) is 0 Å². The molecule has 2 N–H and O–H groups in total. The van der Waals surface area contributed by atoms with Gasteiger partial charge in [-0.2, -0.15) is 0 Å². The third-order valence-electron chi connectivity index (χ3n) is 2.46. The van der Waals surface area contributed by atoms with E-state index < -0.39 is 5.91 Å². The highest BCUT2D eigenvalue weighted by Crippen LogP contribution is 2.19. The van der Waals surface area contributed by atoms with Gasteiger partial charge in [0.25, 0.3) is 5.91 Å². The van der Waals surface area contributed by atoms with Crippen LogP contribution in [0.5, 0.6) is 0 Å². The summed E-state index contributed by atoms with van der Waals surface area (Å²) < 4.78 is 6.11. The average Bonchev–Trinajstić information content (AvgIpc) is 2.75. The van der Waals surface area contributed by atoms with E-state index in [0.717, 1.165) is 11.4 Å². The predicted molar refractivity (Wildman–Crippen MR) is 71.3 cm³/mol. The summed E-state index contributed by atoms with van der Waals surface area (Å²) >= 11 is 3.25. The Morgan fingerprint density at radius 1 is 1.50 bits per heavy atom. The van der Waals surface area contributed by atoms with E-state index in [-0.39, 0.29) is 5.69 Å². The molecule has 0 radical (unpaired) electrons. The second-order valence-electron chi connectivity index (χ2n) is 3.83. The topological polar surface area (TPSA) is 72.4 Å². The zero-order valence-corrected chi connectivity index (χ0v) is 11.3. The molecule has 6 heteroatoms. The van der Waals surface area contributed by atoms with Gasteiger partial charge < -0.3 is 15.1 Å². The van der Waals surface area contributed by atoms with E-state index in [1.54, 1.807) is 12.3 Å². The summed E-state index contributed by atoms with van der Waals surface area (Å²) in [6.07, 6.45) is 1.56. The molecule has 2 rings (SSSR count). The van der Waals surface area contributed by atoms with E-state index in [4.69, 9.17) is 10.2 Å². The van der Waals surface area contributed by atoms with Gasteiger partial charge in [0.05, 0.1) is 6.54 Å². The van der Waals surface area contributed by atoms with E-state index in [1.165, 1.54) is 0 Å². The smallest absolute Gasteiger partial charge is 0.267 e. The molecule has 2 heterocycles. The minimum Gasteiger partial charge on any atom is -0.452 e. The van der Waals surface area contributed by atoms with Crippen LogP contribution in [0.4, 0.5) is 5.69 Å². The zero-order valence-electron chi connectivity index (χ0n) is 9.76. The molecule has 0 unspecified atom stereocenters. The van der Waals surface area contributed by atoms with Crippen LogP contribution in [-0.4, -0.2) is 17.9 Å². The van der Waals surface area contributed by atoms with E-state index >= 15 is 0 Å². The number of amides is 1. The first-order valence-corrected chi connectivity index (χ1v) is 6.07. The summed E-state index contributed by atoms with van der Waals surface area (Å²) in [6.45, 7) is 0.591. The highest BCUT2D eigenvalue weighted by molar-refractivity contribution is 9.10. The summed E-state index contributed by atoms with van der Waals surface area (Å²) in [5.74, 6) is 0.285. The third kappa shape index (κ3) is 2.89. The van der Waals surface area contributed by atoms with Crippen molar-refractivity contribution in [3.8, 4) is 0 Å².